The molecule has 5 rings (SSSR count). The maximum Gasteiger partial charge on any atom is 0.273 e. The number of carbonyl (C=O) groups is 1. The van der Waals surface area contributed by atoms with Crippen LogP contribution in [0.5, 0.6) is 0 Å². The van der Waals surface area contributed by atoms with Gasteiger partial charge in [0, 0.05) is 55.8 Å². The highest BCUT2D eigenvalue weighted by Gasteiger charge is 2.30. The number of hydrogen-bond acceptors (Lipinski definition) is 9. The van der Waals surface area contributed by atoms with Crippen molar-refractivity contribution in [2.24, 2.45) is 5.92 Å². The number of nitrogen functional groups attached to an aromatic ring is 1. The third kappa shape index (κ3) is 5.41. The highest BCUT2D eigenvalue weighted by Crippen LogP contribution is 2.39. The topological polar surface area (TPSA) is 104 Å². The first-order valence-electron chi connectivity index (χ1n) is 12.7. The molecule has 2 aliphatic rings. The summed E-state index contributed by atoms with van der Waals surface area (Å²) in [4.78, 5) is 31.7. The molecular formula is C26H32ClFN8OS. The van der Waals surface area contributed by atoms with E-state index < -0.39 is 5.82 Å². The summed E-state index contributed by atoms with van der Waals surface area (Å²) in [6.45, 7) is 6.46. The third-order valence-corrected chi connectivity index (χ3v) is 8.58. The molecular weight excluding hydrogens is 527 g/mol. The van der Waals surface area contributed by atoms with E-state index in [1.165, 1.54) is 23.7 Å². The van der Waals surface area contributed by atoms with Gasteiger partial charge >= 0.3 is 0 Å². The van der Waals surface area contributed by atoms with Gasteiger partial charge in [-0.25, -0.2) is 19.3 Å². The minimum atomic E-state index is -0.418. The molecule has 1 amide bonds. The maximum absolute atomic E-state index is 15.7. The fourth-order valence-electron chi connectivity index (χ4n) is 4.75. The molecule has 12 heteroatoms. The first-order valence-corrected chi connectivity index (χ1v) is 13.9. The van der Waals surface area contributed by atoms with Crippen LogP contribution in [0.25, 0.3) is 10.6 Å². The second-order valence-electron chi connectivity index (χ2n) is 10.3. The Hall–Kier alpha value is -3.02. The van der Waals surface area contributed by atoms with E-state index in [4.69, 9.17) is 17.3 Å². The standard InChI is InChI=1S/C26H32ClFN8OS/c1-14-9-36(10-15(2)35(14)4)21-8-18(28)17(7-19(21)32-24-22(29)23(27)30-13-31-24)25-33-20(12-38-25)26(37)34(3)11-16-5-6-16/h7-8,12-16H,5-6,9-11,29H2,1-4H3,(H,30,31,32)/t14-,15+. The summed E-state index contributed by atoms with van der Waals surface area (Å²) >= 11 is 7.37. The normalized spacial score (nSPS) is 20.0. The van der Waals surface area contributed by atoms with Crippen LogP contribution >= 0.6 is 22.9 Å². The van der Waals surface area contributed by atoms with Crippen LogP contribution in [0.1, 0.15) is 37.2 Å². The van der Waals surface area contributed by atoms with Crippen molar-refractivity contribution in [1.82, 2.24) is 24.8 Å². The molecule has 1 saturated heterocycles. The van der Waals surface area contributed by atoms with Crippen molar-refractivity contribution in [3.8, 4) is 10.6 Å². The molecule has 3 N–H and O–H groups in total. The molecule has 0 bridgehead atoms. The van der Waals surface area contributed by atoms with E-state index in [2.05, 4.69) is 51.0 Å². The number of amides is 1. The SMILES string of the molecule is C[C@@H]1CN(c2cc(F)c(-c3nc(C(=O)N(C)CC4CC4)cs3)cc2Nc2ncnc(Cl)c2N)C[C@H](C)N1C. The first-order chi connectivity index (χ1) is 18.1. The van der Waals surface area contributed by atoms with Crippen molar-refractivity contribution in [3.05, 3.63) is 40.5 Å². The highest BCUT2D eigenvalue weighted by molar-refractivity contribution is 7.13. The van der Waals surface area contributed by atoms with Crippen molar-refractivity contribution in [2.45, 2.75) is 38.8 Å². The number of nitrogens with one attached hydrogen (secondary N) is 1. The van der Waals surface area contributed by atoms with E-state index in [9.17, 15) is 4.79 Å². The van der Waals surface area contributed by atoms with Crippen molar-refractivity contribution >= 4 is 51.7 Å². The fourth-order valence-corrected chi connectivity index (χ4v) is 5.70. The van der Waals surface area contributed by atoms with E-state index in [1.54, 1.807) is 23.4 Å². The summed E-state index contributed by atoms with van der Waals surface area (Å²) in [6.07, 6.45) is 3.63. The Kier molecular flexibility index (Phi) is 7.43. The van der Waals surface area contributed by atoms with Gasteiger partial charge in [0.25, 0.3) is 5.91 Å². The molecule has 9 nitrogen and oxygen atoms in total. The molecule has 1 aliphatic heterocycles. The van der Waals surface area contributed by atoms with Gasteiger partial charge < -0.3 is 20.9 Å². The number of nitrogens with zero attached hydrogens (tertiary/aromatic N) is 6. The lowest BCUT2D eigenvalue weighted by atomic mass is 10.1. The maximum atomic E-state index is 15.7. The predicted molar refractivity (Wildman–Crippen MR) is 151 cm³/mol. The van der Waals surface area contributed by atoms with Crippen LogP contribution in [0.3, 0.4) is 0 Å². The predicted octanol–water partition coefficient (Wildman–Crippen LogP) is 4.73. The van der Waals surface area contributed by atoms with Crippen molar-refractivity contribution < 1.29 is 9.18 Å². The molecule has 3 aromatic rings. The molecule has 0 unspecified atom stereocenters. The number of piperazine rings is 1. The van der Waals surface area contributed by atoms with E-state index in [0.717, 1.165) is 25.9 Å². The van der Waals surface area contributed by atoms with Crippen molar-refractivity contribution in [2.75, 3.05) is 49.7 Å². The second kappa shape index (κ2) is 10.6. The first kappa shape index (κ1) is 26.6. The average Bonchev–Trinajstić information content (AvgIpc) is 3.57. The van der Waals surface area contributed by atoms with Gasteiger partial charge in [-0.05, 0) is 45.7 Å². The molecule has 1 aromatic carbocycles. The number of thiazole rings is 1. The average molecular weight is 559 g/mol. The minimum Gasteiger partial charge on any atom is -0.393 e. The number of carbonyl (C=O) groups excluding carboxylic acids is 1. The zero-order valence-corrected chi connectivity index (χ0v) is 23.5. The smallest absolute Gasteiger partial charge is 0.273 e. The van der Waals surface area contributed by atoms with Gasteiger partial charge in [0.2, 0.25) is 0 Å². The third-order valence-electron chi connectivity index (χ3n) is 7.40. The molecule has 38 heavy (non-hydrogen) atoms. The lowest BCUT2D eigenvalue weighted by molar-refractivity contribution is 0.0784. The summed E-state index contributed by atoms with van der Waals surface area (Å²) in [7, 11) is 3.88. The van der Waals surface area contributed by atoms with Gasteiger partial charge in [0.15, 0.2) is 11.0 Å². The van der Waals surface area contributed by atoms with Crippen molar-refractivity contribution in [1.29, 1.82) is 0 Å². The van der Waals surface area contributed by atoms with Crippen LogP contribution in [-0.4, -0.2) is 76.5 Å². The van der Waals surface area contributed by atoms with Gasteiger partial charge in [0.1, 0.15) is 28.5 Å². The highest BCUT2D eigenvalue weighted by atomic mass is 35.5. The van der Waals surface area contributed by atoms with Gasteiger partial charge in [-0.3, -0.25) is 9.69 Å². The number of halogens is 2. The Morgan fingerprint density at radius 2 is 1.97 bits per heavy atom. The van der Waals surface area contributed by atoms with Gasteiger partial charge in [0.05, 0.1) is 11.4 Å². The van der Waals surface area contributed by atoms with Crippen LogP contribution in [0, 0.1) is 11.7 Å². The second-order valence-corrected chi connectivity index (χ2v) is 11.6. The molecule has 1 aliphatic carbocycles. The summed E-state index contributed by atoms with van der Waals surface area (Å²) in [5.74, 6) is 0.330. The van der Waals surface area contributed by atoms with E-state index in [1.807, 2.05) is 0 Å². The summed E-state index contributed by atoms with van der Waals surface area (Å²) in [5, 5.41) is 5.50. The van der Waals surface area contributed by atoms with Gasteiger partial charge in [-0.2, -0.15) is 0 Å². The van der Waals surface area contributed by atoms with Gasteiger partial charge in [-0.15, -0.1) is 11.3 Å². The minimum absolute atomic E-state index is 0.131. The summed E-state index contributed by atoms with van der Waals surface area (Å²) in [6, 6.07) is 3.76. The number of benzene rings is 1. The molecule has 2 fully saturated rings. The van der Waals surface area contributed by atoms with Crippen LogP contribution < -0.4 is 16.0 Å². The summed E-state index contributed by atoms with van der Waals surface area (Å²) < 4.78 is 15.7. The molecule has 0 spiro atoms. The number of anilines is 4. The van der Waals surface area contributed by atoms with Crippen LogP contribution in [-0.2, 0) is 0 Å². The molecule has 1 saturated carbocycles. The van der Waals surface area contributed by atoms with E-state index in [-0.39, 0.29) is 28.8 Å². The Bertz CT molecular complexity index is 1340. The Morgan fingerprint density at radius 1 is 1.26 bits per heavy atom. The van der Waals surface area contributed by atoms with E-state index >= 15 is 4.39 Å². The molecule has 2 atom stereocenters. The largest absolute Gasteiger partial charge is 0.393 e. The Morgan fingerprint density at radius 3 is 2.66 bits per heavy atom. The molecule has 202 valence electrons. The molecule has 2 aromatic heterocycles. The van der Waals surface area contributed by atoms with Crippen LogP contribution in [0.2, 0.25) is 5.15 Å². The number of aromatic nitrogens is 3. The Labute approximate surface area is 230 Å². The van der Waals surface area contributed by atoms with Crippen molar-refractivity contribution in [3.63, 3.8) is 0 Å². The summed E-state index contributed by atoms with van der Waals surface area (Å²) in [5.41, 5.74) is 8.24. The zero-order chi connectivity index (χ0) is 27.1. The number of hydrogen-bond donors (Lipinski definition) is 2. The number of rotatable bonds is 7. The molecule has 3 heterocycles. The zero-order valence-electron chi connectivity index (χ0n) is 21.9. The lowest BCUT2D eigenvalue weighted by Crippen LogP contribution is -2.55. The van der Waals surface area contributed by atoms with Crippen LogP contribution in [0.4, 0.5) is 27.3 Å². The molecule has 0 radical (unpaired) electrons. The quantitative estimate of drug-likeness (QED) is 0.401. The number of likely N-dealkylation sites (N-methyl/N-ethyl adjacent to an activating group) is 1. The Balaban J connectivity index is 1.52. The van der Waals surface area contributed by atoms with E-state index in [0.29, 0.717) is 45.9 Å². The fraction of sp³-hybridized carbons (Fsp3) is 0.462. The van der Waals surface area contributed by atoms with Gasteiger partial charge in [-0.1, -0.05) is 11.6 Å². The number of nitrogens with two attached hydrogens (primary N) is 1. The lowest BCUT2D eigenvalue weighted by Gasteiger charge is -2.44. The monoisotopic (exact) mass is 558 g/mol. The van der Waals surface area contributed by atoms with Crippen LogP contribution in [0.15, 0.2) is 23.8 Å².